The fourth-order valence-corrected chi connectivity index (χ4v) is 1.41. The summed E-state index contributed by atoms with van der Waals surface area (Å²) < 4.78 is 5.58. The molecule has 0 aliphatic rings. The number of carboxylic acids is 1. The molecule has 3 heteroatoms. The maximum absolute atomic E-state index is 10.5. The summed E-state index contributed by atoms with van der Waals surface area (Å²) in [6, 6.07) is 7.57. The van der Waals surface area contributed by atoms with E-state index in [2.05, 4.69) is 0 Å². The van der Waals surface area contributed by atoms with E-state index in [1.165, 1.54) is 0 Å². The second kappa shape index (κ2) is 5.95. The van der Waals surface area contributed by atoms with Gasteiger partial charge in [-0.15, -0.1) is 0 Å². The molecule has 0 fully saturated rings. The largest absolute Gasteiger partial charge is 0.489 e. The van der Waals surface area contributed by atoms with Crippen LogP contribution in [0.4, 0.5) is 0 Å². The van der Waals surface area contributed by atoms with Crippen molar-refractivity contribution in [3.05, 3.63) is 35.9 Å². The Kier molecular flexibility index (Phi) is 4.58. The van der Waals surface area contributed by atoms with Gasteiger partial charge in [0.15, 0.2) is 0 Å². The topological polar surface area (TPSA) is 46.5 Å². The molecule has 0 aliphatic carbocycles. The molecule has 1 unspecified atom stereocenters. The number of hydrogen-bond donors (Lipinski definition) is 1. The summed E-state index contributed by atoms with van der Waals surface area (Å²) in [5.74, 6) is -0.134. The van der Waals surface area contributed by atoms with Gasteiger partial charge in [0.05, 0.1) is 6.42 Å². The predicted molar refractivity (Wildman–Crippen MR) is 63.5 cm³/mol. The lowest BCUT2D eigenvalue weighted by Gasteiger charge is -2.14. The summed E-state index contributed by atoms with van der Waals surface area (Å²) in [4.78, 5) is 10.5. The minimum Gasteiger partial charge on any atom is -0.489 e. The van der Waals surface area contributed by atoms with Crippen LogP contribution in [0.15, 0.2) is 30.3 Å². The molecule has 0 aromatic heterocycles. The van der Waals surface area contributed by atoms with Crippen molar-refractivity contribution < 1.29 is 14.6 Å². The number of allylic oxidation sites excluding steroid dienone is 1. The zero-order valence-corrected chi connectivity index (χ0v) is 9.51. The van der Waals surface area contributed by atoms with Crippen LogP contribution in [0.3, 0.4) is 0 Å². The molecule has 0 saturated heterocycles. The molecule has 0 heterocycles. The third-order valence-electron chi connectivity index (χ3n) is 2.06. The van der Waals surface area contributed by atoms with Gasteiger partial charge in [-0.05, 0) is 19.9 Å². The van der Waals surface area contributed by atoms with Crippen LogP contribution in [-0.2, 0) is 4.79 Å². The van der Waals surface area contributed by atoms with Gasteiger partial charge in [0.2, 0.25) is 0 Å². The number of ether oxygens (including phenoxy) is 1. The molecule has 0 saturated carbocycles. The third kappa shape index (κ3) is 3.77. The molecular formula is C13H16O3. The van der Waals surface area contributed by atoms with Crippen molar-refractivity contribution in [1.82, 2.24) is 0 Å². The van der Waals surface area contributed by atoms with Crippen molar-refractivity contribution in [2.45, 2.75) is 26.4 Å². The van der Waals surface area contributed by atoms with Gasteiger partial charge in [-0.25, -0.2) is 0 Å². The first-order chi connectivity index (χ1) is 7.63. The molecule has 0 aliphatic heterocycles. The van der Waals surface area contributed by atoms with Gasteiger partial charge in [-0.1, -0.05) is 30.4 Å². The normalized spacial score (nSPS) is 12.6. The SMILES string of the molecule is C/C=C/c1ccccc1OC(C)CC(=O)O. The monoisotopic (exact) mass is 220 g/mol. The number of carbonyl (C=O) groups is 1. The summed E-state index contributed by atoms with van der Waals surface area (Å²) in [6.07, 6.45) is 3.53. The van der Waals surface area contributed by atoms with E-state index < -0.39 is 5.97 Å². The first-order valence-corrected chi connectivity index (χ1v) is 5.23. The van der Waals surface area contributed by atoms with E-state index >= 15 is 0 Å². The molecule has 0 amide bonds. The maximum Gasteiger partial charge on any atom is 0.307 e. The highest BCUT2D eigenvalue weighted by Crippen LogP contribution is 2.21. The highest BCUT2D eigenvalue weighted by molar-refractivity contribution is 5.67. The Morgan fingerprint density at radius 2 is 2.19 bits per heavy atom. The van der Waals surface area contributed by atoms with Gasteiger partial charge >= 0.3 is 5.97 Å². The van der Waals surface area contributed by atoms with Crippen LogP contribution in [-0.4, -0.2) is 17.2 Å². The molecule has 1 aromatic rings. The Balaban J connectivity index is 2.76. The maximum atomic E-state index is 10.5. The van der Waals surface area contributed by atoms with Crippen LogP contribution < -0.4 is 4.74 Å². The van der Waals surface area contributed by atoms with Crippen molar-refractivity contribution in [1.29, 1.82) is 0 Å². The predicted octanol–water partition coefficient (Wildman–Crippen LogP) is 2.96. The van der Waals surface area contributed by atoms with Gasteiger partial charge in [0.1, 0.15) is 11.9 Å². The van der Waals surface area contributed by atoms with Crippen LogP contribution in [0, 0.1) is 0 Å². The van der Waals surface area contributed by atoms with Crippen molar-refractivity contribution >= 4 is 12.0 Å². The first kappa shape index (κ1) is 12.3. The average molecular weight is 220 g/mol. The van der Waals surface area contributed by atoms with Crippen molar-refractivity contribution in [2.24, 2.45) is 0 Å². The molecule has 0 radical (unpaired) electrons. The highest BCUT2D eigenvalue weighted by atomic mass is 16.5. The van der Waals surface area contributed by atoms with E-state index in [9.17, 15) is 4.79 Å². The van der Waals surface area contributed by atoms with Gasteiger partial charge in [-0.2, -0.15) is 0 Å². The van der Waals surface area contributed by atoms with Gasteiger partial charge in [0, 0.05) is 5.56 Å². The molecule has 1 atom stereocenters. The number of para-hydroxylation sites is 1. The number of hydrogen-bond acceptors (Lipinski definition) is 2. The number of carboxylic acid groups (broad SMARTS) is 1. The summed E-state index contributed by atoms with van der Waals surface area (Å²) in [5, 5.41) is 8.64. The molecule has 86 valence electrons. The van der Waals surface area contributed by atoms with Gasteiger partial charge in [-0.3, -0.25) is 4.79 Å². The molecule has 1 rings (SSSR count). The summed E-state index contributed by atoms with van der Waals surface area (Å²) in [7, 11) is 0. The fourth-order valence-electron chi connectivity index (χ4n) is 1.41. The smallest absolute Gasteiger partial charge is 0.307 e. The lowest BCUT2D eigenvalue weighted by Crippen LogP contribution is -2.16. The molecule has 0 bridgehead atoms. The minimum atomic E-state index is -0.851. The van der Waals surface area contributed by atoms with Gasteiger partial charge < -0.3 is 9.84 Å². The second-order valence-electron chi connectivity index (χ2n) is 3.56. The molecule has 3 nitrogen and oxygen atoms in total. The Labute approximate surface area is 95.4 Å². The van der Waals surface area contributed by atoms with Crippen LogP contribution in [0.1, 0.15) is 25.8 Å². The average Bonchev–Trinajstić information content (AvgIpc) is 2.20. The zero-order chi connectivity index (χ0) is 12.0. The van der Waals surface area contributed by atoms with E-state index in [0.717, 1.165) is 5.56 Å². The molecule has 0 spiro atoms. The molecular weight excluding hydrogens is 204 g/mol. The van der Waals surface area contributed by atoms with Crippen molar-refractivity contribution in [3.63, 3.8) is 0 Å². The summed E-state index contributed by atoms with van der Waals surface area (Å²) in [5.41, 5.74) is 0.960. The second-order valence-corrected chi connectivity index (χ2v) is 3.56. The van der Waals surface area contributed by atoms with E-state index in [1.807, 2.05) is 43.3 Å². The van der Waals surface area contributed by atoms with Crippen LogP contribution in [0.25, 0.3) is 6.08 Å². The quantitative estimate of drug-likeness (QED) is 0.829. The van der Waals surface area contributed by atoms with Crippen LogP contribution >= 0.6 is 0 Å². The number of benzene rings is 1. The van der Waals surface area contributed by atoms with E-state index in [1.54, 1.807) is 6.92 Å². The fraction of sp³-hybridized carbons (Fsp3) is 0.308. The number of aliphatic carboxylic acids is 1. The summed E-state index contributed by atoms with van der Waals surface area (Å²) >= 11 is 0. The van der Waals surface area contributed by atoms with Crippen LogP contribution in [0.2, 0.25) is 0 Å². The van der Waals surface area contributed by atoms with Crippen molar-refractivity contribution in [2.75, 3.05) is 0 Å². The van der Waals surface area contributed by atoms with Crippen LogP contribution in [0.5, 0.6) is 5.75 Å². The molecule has 16 heavy (non-hydrogen) atoms. The van der Waals surface area contributed by atoms with Gasteiger partial charge in [0.25, 0.3) is 0 Å². The Morgan fingerprint density at radius 3 is 2.81 bits per heavy atom. The standard InChI is InChI=1S/C13H16O3/c1-3-6-11-7-4-5-8-12(11)16-10(2)9-13(14)15/h3-8,10H,9H2,1-2H3,(H,14,15)/b6-3+. The van der Waals surface area contributed by atoms with E-state index in [4.69, 9.17) is 9.84 Å². The molecule has 1 N–H and O–H groups in total. The third-order valence-corrected chi connectivity index (χ3v) is 2.06. The Morgan fingerprint density at radius 1 is 1.50 bits per heavy atom. The van der Waals surface area contributed by atoms with E-state index in [-0.39, 0.29) is 12.5 Å². The molecule has 1 aromatic carbocycles. The van der Waals surface area contributed by atoms with Crippen molar-refractivity contribution in [3.8, 4) is 5.75 Å². The zero-order valence-electron chi connectivity index (χ0n) is 9.51. The lowest BCUT2D eigenvalue weighted by molar-refractivity contribution is -0.138. The highest BCUT2D eigenvalue weighted by Gasteiger charge is 2.10. The Hall–Kier alpha value is -1.77. The number of rotatable bonds is 5. The first-order valence-electron chi connectivity index (χ1n) is 5.23. The Bertz CT molecular complexity index is 383. The minimum absolute atomic E-state index is 0.00414. The summed E-state index contributed by atoms with van der Waals surface area (Å²) in [6.45, 7) is 3.68. The van der Waals surface area contributed by atoms with E-state index in [0.29, 0.717) is 5.75 Å². The lowest BCUT2D eigenvalue weighted by atomic mass is 10.2.